The molecule has 0 unspecified atom stereocenters. The number of guanidine groups is 1. The van der Waals surface area contributed by atoms with E-state index in [-0.39, 0.29) is 5.96 Å². The molecule has 1 aromatic heterocycles. The third-order valence-electron chi connectivity index (χ3n) is 1.37. The van der Waals surface area contributed by atoms with E-state index < -0.39 is 10.1 Å². The van der Waals surface area contributed by atoms with Crippen LogP contribution in [0.2, 0.25) is 0 Å². The second kappa shape index (κ2) is 9.54. The molecule has 0 aliphatic rings. The van der Waals surface area contributed by atoms with Gasteiger partial charge in [-0.05, 0) is 0 Å². The first kappa shape index (κ1) is 18.7. The monoisotopic (exact) mass is 337 g/mol. The number of hydrogen-bond acceptors (Lipinski definition) is 7. The second-order valence-electron chi connectivity index (χ2n) is 3.35. The van der Waals surface area contributed by atoms with Gasteiger partial charge in [-0.15, -0.1) is 11.3 Å². The van der Waals surface area contributed by atoms with Crippen molar-refractivity contribution in [3.63, 3.8) is 0 Å². The van der Waals surface area contributed by atoms with E-state index in [1.165, 1.54) is 11.3 Å². The second-order valence-corrected chi connectivity index (χ2v) is 6.76. The Morgan fingerprint density at radius 1 is 1.65 bits per heavy atom. The van der Waals surface area contributed by atoms with Crippen LogP contribution < -0.4 is 11.5 Å². The highest BCUT2D eigenvalue weighted by Crippen LogP contribution is 2.21. The molecule has 0 aliphatic carbocycles. The van der Waals surface area contributed by atoms with Gasteiger partial charge in [-0.1, -0.05) is 0 Å². The summed E-state index contributed by atoms with van der Waals surface area (Å²) in [5.74, 6) is 1.64. The molecule has 1 heterocycles. The van der Waals surface area contributed by atoms with Gasteiger partial charge in [0.15, 0.2) is 5.96 Å². The molecular formula is C9H15N5O3S3. The zero-order chi connectivity index (χ0) is 15.6. The molecule has 1 aromatic rings. The molecule has 0 bridgehead atoms. The van der Waals surface area contributed by atoms with E-state index in [2.05, 4.69) is 16.0 Å². The Bertz CT molecular complexity index is 564. The van der Waals surface area contributed by atoms with Crippen LogP contribution in [0.25, 0.3) is 0 Å². The van der Waals surface area contributed by atoms with Crippen LogP contribution in [-0.2, 0) is 15.9 Å². The van der Waals surface area contributed by atoms with Crippen LogP contribution >= 0.6 is 23.1 Å². The molecular weight excluding hydrogens is 322 g/mol. The van der Waals surface area contributed by atoms with E-state index in [0.29, 0.717) is 17.8 Å². The number of nitrogens with two attached hydrogens (primary N) is 2. The summed E-state index contributed by atoms with van der Waals surface area (Å²) >= 11 is 3.08. The number of hydrogen-bond donors (Lipinski definition) is 3. The minimum atomic E-state index is -3.67. The Kier molecular flexibility index (Phi) is 8.89. The summed E-state index contributed by atoms with van der Waals surface area (Å²) in [5, 5.41) is 10.8. The first-order valence-corrected chi connectivity index (χ1v) is 9.02. The number of aromatic nitrogens is 1. The fraction of sp³-hybridized carbons (Fsp3) is 0.444. The van der Waals surface area contributed by atoms with Crippen LogP contribution in [0.1, 0.15) is 12.1 Å². The lowest BCUT2D eigenvalue weighted by atomic mass is 10.6. The molecule has 0 fully saturated rings. The number of rotatable bonds is 5. The number of aliphatic imine (C=N–C) groups is 1. The lowest BCUT2D eigenvalue weighted by Gasteiger charge is -1.93. The average Bonchev–Trinajstić information content (AvgIpc) is 2.69. The van der Waals surface area contributed by atoms with Crippen molar-refractivity contribution in [2.45, 2.75) is 12.2 Å². The maximum Gasteiger partial charge on any atom is 0.261 e. The van der Waals surface area contributed by atoms with Crippen molar-refractivity contribution >= 4 is 44.3 Å². The molecule has 1 rings (SSSR count). The minimum Gasteiger partial charge on any atom is -0.370 e. The topological polar surface area (TPSA) is 155 Å². The van der Waals surface area contributed by atoms with Crippen molar-refractivity contribution in [1.29, 1.82) is 5.26 Å². The first-order valence-electron chi connectivity index (χ1n) is 5.13. The molecule has 8 nitrogen and oxygen atoms in total. The average molecular weight is 337 g/mol. The van der Waals surface area contributed by atoms with Gasteiger partial charge in [-0.2, -0.15) is 30.4 Å². The smallest absolute Gasteiger partial charge is 0.261 e. The number of nitrogens with zero attached hydrogens (tertiary/aromatic N) is 3. The highest BCUT2D eigenvalue weighted by atomic mass is 32.2. The van der Waals surface area contributed by atoms with Crippen molar-refractivity contribution in [3.8, 4) is 6.07 Å². The Morgan fingerprint density at radius 3 is 2.75 bits per heavy atom. The Balaban J connectivity index is 0.000000621. The van der Waals surface area contributed by atoms with E-state index >= 15 is 0 Å². The lowest BCUT2D eigenvalue weighted by molar-refractivity contribution is 0.490. The maximum atomic E-state index is 9.19. The summed E-state index contributed by atoms with van der Waals surface area (Å²) in [4.78, 5) is 8.06. The third kappa shape index (κ3) is 13.1. The summed E-state index contributed by atoms with van der Waals surface area (Å²) in [7, 11) is -3.67. The quantitative estimate of drug-likeness (QED) is 0.307. The SMILES string of the molecule is CS(=O)(=O)O.N#CCCSCc1csc(N=C(N)N)n1. The van der Waals surface area contributed by atoms with E-state index in [1.807, 2.05) is 5.38 Å². The summed E-state index contributed by atoms with van der Waals surface area (Å²) in [5.41, 5.74) is 11.4. The molecule has 0 amide bonds. The molecule has 0 spiro atoms. The van der Waals surface area contributed by atoms with Crippen LogP contribution in [0.5, 0.6) is 0 Å². The summed E-state index contributed by atoms with van der Waals surface area (Å²) in [6, 6.07) is 2.09. The fourth-order valence-electron chi connectivity index (χ4n) is 0.819. The van der Waals surface area contributed by atoms with Crippen LogP contribution in [0.4, 0.5) is 5.13 Å². The van der Waals surface area contributed by atoms with Gasteiger partial charge >= 0.3 is 0 Å². The van der Waals surface area contributed by atoms with Crippen molar-refractivity contribution in [1.82, 2.24) is 4.98 Å². The van der Waals surface area contributed by atoms with Crippen LogP contribution in [0.15, 0.2) is 10.4 Å². The maximum absolute atomic E-state index is 9.19. The predicted octanol–water partition coefficient (Wildman–Crippen LogP) is 0.699. The lowest BCUT2D eigenvalue weighted by Crippen LogP contribution is -2.21. The van der Waals surface area contributed by atoms with Crippen LogP contribution in [0.3, 0.4) is 0 Å². The molecule has 5 N–H and O–H groups in total. The summed E-state index contributed by atoms with van der Waals surface area (Å²) in [6.45, 7) is 0. The molecule has 0 saturated carbocycles. The zero-order valence-electron chi connectivity index (χ0n) is 10.7. The number of thioether (sulfide) groups is 1. The molecule has 0 radical (unpaired) electrons. The van der Waals surface area contributed by atoms with Crippen molar-refractivity contribution in [2.24, 2.45) is 16.5 Å². The largest absolute Gasteiger partial charge is 0.370 e. The molecule has 11 heteroatoms. The van der Waals surface area contributed by atoms with Crippen molar-refractivity contribution in [3.05, 3.63) is 11.1 Å². The molecule has 0 aliphatic heterocycles. The van der Waals surface area contributed by atoms with Gasteiger partial charge in [0.25, 0.3) is 10.1 Å². The highest BCUT2D eigenvalue weighted by molar-refractivity contribution is 7.98. The Hall–Kier alpha value is -1.35. The van der Waals surface area contributed by atoms with Gasteiger partial charge in [0, 0.05) is 23.3 Å². The zero-order valence-corrected chi connectivity index (χ0v) is 13.1. The number of thiazole rings is 1. The van der Waals surface area contributed by atoms with Gasteiger partial charge in [0.2, 0.25) is 5.13 Å². The summed E-state index contributed by atoms with van der Waals surface area (Å²) in [6.07, 6.45) is 1.28. The van der Waals surface area contributed by atoms with Crippen LogP contribution in [-0.4, -0.2) is 35.9 Å². The van der Waals surface area contributed by atoms with Crippen molar-refractivity contribution < 1.29 is 13.0 Å². The third-order valence-corrected chi connectivity index (χ3v) is 3.15. The van der Waals surface area contributed by atoms with E-state index in [1.54, 1.807) is 11.8 Å². The van der Waals surface area contributed by atoms with E-state index in [0.717, 1.165) is 17.2 Å². The van der Waals surface area contributed by atoms with Gasteiger partial charge in [0.1, 0.15) is 0 Å². The Labute approximate surface area is 125 Å². The summed E-state index contributed by atoms with van der Waals surface area (Å²) < 4.78 is 25.9. The molecule has 0 atom stereocenters. The molecule has 112 valence electrons. The Morgan fingerprint density at radius 2 is 2.25 bits per heavy atom. The standard InChI is InChI=1S/C8H11N5S2.CH4O3S/c9-2-1-3-14-4-6-5-15-8(12-6)13-7(10)11;1-5(2,3)4/h5H,1,3-4H2,(H4,10,11,12,13);1H3,(H,2,3,4). The molecule has 20 heavy (non-hydrogen) atoms. The van der Waals surface area contributed by atoms with Gasteiger partial charge in [0.05, 0.1) is 18.0 Å². The highest BCUT2D eigenvalue weighted by Gasteiger charge is 2.00. The molecule has 0 saturated heterocycles. The molecule has 0 aromatic carbocycles. The van der Waals surface area contributed by atoms with Gasteiger partial charge in [-0.3, -0.25) is 4.55 Å². The van der Waals surface area contributed by atoms with Gasteiger partial charge < -0.3 is 11.5 Å². The van der Waals surface area contributed by atoms with Crippen molar-refractivity contribution in [2.75, 3.05) is 12.0 Å². The predicted molar refractivity (Wildman–Crippen MR) is 81.4 cm³/mol. The van der Waals surface area contributed by atoms with E-state index in [4.69, 9.17) is 21.3 Å². The number of nitriles is 1. The normalized spacial score (nSPS) is 10.1. The minimum absolute atomic E-state index is 0.0213. The van der Waals surface area contributed by atoms with Crippen LogP contribution in [0, 0.1) is 11.3 Å². The fourth-order valence-corrected chi connectivity index (χ4v) is 2.37. The van der Waals surface area contributed by atoms with Gasteiger partial charge in [-0.25, -0.2) is 4.98 Å². The first-order chi connectivity index (χ1) is 9.22. The van der Waals surface area contributed by atoms with E-state index in [9.17, 15) is 8.42 Å².